The van der Waals surface area contributed by atoms with Crippen molar-refractivity contribution in [2.45, 2.75) is 38.8 Å². The molecule has 122 valence electrons. The molecule has 0 aliphatic heterocycles. The molecule has 0 amide bonds. The van der Waals surface area contributed by atoms with Gasteiger partial charge in [0.25, 0.3) is 0 Å². The fraction of sp³-hybridized carbons (Fsp3) is 0.556. The molecule has 0 bridgehead atoms. The highest BCUT2D eigenvalue weighted by molar-refractivity contribution is 5.43. The van der Waals surface area contributed by atoms with E-state index in [-0.39, 0.29) is 12.0 Å². The Labute approximate surface area is 133 Å². The number of nitrogens with one attached hydrogen (secondary N) is 1. The van der Waals surface area contributed by atoms with Crippen molar-refractivity contribution < 1.29 is 14.6 Å². The molecule has 1 aliphatic rings. The van der Waals surface area contributed by atoms with Gasteiger partial charge >= 0.3 is 0 Å². The summed E-state index contributed by atoms with van der Waals surface area (Å²) in [6, 6.07) is 6.33. The van der Waals surface area contributed by atoms with Gasteiger partial charge in [-0.25, -0.2) is 0 Å². The van der Waals surface area contributed by atoms with Crippen LogP contribution in [-0.4, -0.2) is 31.5 Å². The van der Waals surface area contributed by atoms with E-state index in [9.17, 15) is 5.11 Å². The lowest BCUT2D eigenvalue weighted by Crippen LogP contribution is -2.41. The molecule has 1 fully saturated rings. The number of hydrogen-bond acceptors (Lipinski definition) is 4. The second-order valence-electron chi connectivity index (χ2n) is 6.22. The summed E-state index contributed by atoms with van der Waals surface area (Å²) in [6.07, 6.45) is 5.09. The first-order chi connectivity index (χ1) is 10.6. The average Bonchev–Trinajstić information content (AvgIpc) is 2.92. The van der Waals surface area contributed by atoms with Crippen LogP contribution in [-0.2, 0) is 6.54 Å². The van der Waals surface area contributed by atoms with Crippen LogP contribution in [0.4, 0.5) is 0 Å². The van der Waals surface area contributed by atoms with Gasteiger partial charge in [-0.3, -0.25) is 0 Å². The molecule has 0 aromatic heterocycles. The van der Waals surface area contributed by atoms with E-state index in [4.69, 9.17) is 9.47 Å². The smallest absolute Gasteiger partial charge is 0.161 e. The summed E-state index contributed by atoms with van der Waals surface area (Å²) >= 11 is 0. The van der Waals surface area contributed by atoms with E-state index in [1.807, 2.05) is 18.2 Å². The molecule has 1 aromatic rings. The fourth-order valence-electron chi connectivity index (χ4n) is 3.10. The third kappa shape index (κ3) is 3.81. The molecule has 1 saturated carbocycles. The SMILES string of the molecule is C=CCOc1ccc(CNC2CCCC2(C)CO)cc1OC. The molecule has 22 heavy (non-hydrogen) atoms. The highest BCUT2D eigenvalue weighted by Crippen LogP contribution is 2.37. The summed E-state index contributed by atoms with van der Waals surface area (Å²) in [4.78, 5) is 0. The van der Waals surface area contributed by atoms with E-state index in [2.05, 4.69) is 18.8 Å². The number of rotatable bonds is 8. The van der Waals surface area contributed by atoms with Gasteiger partial charge in [-0.1, -0.05) is 32.1 Å². The fourth-order valence-corrected chi connectivity index (χ4v) is 3.10. The van der Waals surface area contributed by atoms with Crippen LogP contribution in [0.3, 0.4) is 0 Å². The highest BCUT2D eigenvalue weighted by Gasteiger charge is 2.37. The molecule has 4 heteroatoms. The van der Waals surface area contributed by atoms with Crippen LogP contribution in [0.2, 0.25) is 0 Å². The van der Waals surface area contributed by atoms with E-state index in [1.54, 1.807) is 13.2 Å². The van der Waals surface area contributed by atoms with E-state index < -0.39 is 0 Å². The monoisotopic (exact) mass is 305 g/mol. The van der Waals surface area contributed by atoms with Crippen molar-refractivity contribution in [3.8, 4) is 11.5 Å². The molecular weight excluding hydrogens is 278 g/mol. The van der Waals surface area contributed by atoms with Gasteiger partial charge in [0.15, 0.2) is 11.5 Å². The number of hydrogen-bond donors (Lipinski definition) is 2. The zero-order valence-corrected chi connectivity index (χ0v) is 13.6. The predicted octanol–water partition coefficient (Wildman–Crippen LogP) is 2.90. The number of ether oxygens (including phenoxy) is 2. The molecule has 2 atom stereocenters. The molecule has 0 saturated heterocycles. The molecule has 2 N–H and O–H groups in total. The van der Waals surface area contributed by atoms with Gasteiger partial charge < -0.3 is 19.9 Å². The molecular formula is C18H27NO3. The molecule has 1 aromatic carbocycles. The summed E-state index contributed by atoms with van der Waals surface area (Å²) in [7, 11) is 1.65. The van der Waals surface area contributed by atoms with Crippen LogP contribution >= 0.6 is 0 Å². The van der Waals surface area contributed by atoms with Gasteiger partial charge in [-0.05, 0) is 30.5 Å². The zero-order chi connectivity index (χ0) is 16.0. The minimum Gasteiger partial charge on any atom is -0.493 e. The first kappa shape index (κ1) is 16.8. The van der Waals surface area contributed by atoms with Crippen LogP contribution in [0.15, 0.2) is 30.9 Å². The Kier molecular flexibility index (Phi) is 5.86. The quantitative estimate of drug-likeness (QED) is 0.725. The largest absolute Gasteiger partial charge is 0.493 e. The van der Waals surface area contributed by atoms with E-state index in [1.165, 1.54) is 6.42 Å². The van der Waals surface area contributed by atoms with E-state index in [0.717, 1.165) is 36.4 Å². The topological polar surface area (TPSA) is 50.7 Å². The van der Waals surface area contributed by atoms with Gasteiger partial charge in [-0.15, -0.1) is 0 Å². The number of aliphatic hydroxyl groups is 1. The molecule has 0 radical (unpaired) electrons. The van der Waals surface area contributed by atoms with Gasteiger partial charge in [-0.2, -0.15) is 0 Å². The van der Waals surface area contributed by atoms with Crippen LogP contribution in [0.1, 0.15) is 31.7 Å². The molecule has 4 nitrogen and oxygen atoms in total. The third-order valence-corrected chi connectivity index (χ3v) is 4.58. The summed E-state index contributed by atoms with van der Waals surface area (Å²) < 4.78 is 11.0. The maximum atomic E-state index is 9.61. The van der Waals surface area contributed by atoms with Crippen molar-refractivity contribution in [3.05, 3.63) is 36.4 Å². The van der Waals surface area contributed by atoms with Crippen molar-refractivity contribution in [2.24, 2.45) is 5.41 Å². The van der Waals surface area contributed by atoms with Crippen molar-refractivity contribution in [3.63, 3.8) is 0 Å². The Balaban J connectivity index is 1.99. The van der Waals surface area contributed by atoms with Crippen molar-refractivity contribution in [2.75, 3.05) is 20.3 Å². The van der Waals surface area contributed by atoms with Crippen LogP contribution in [0.25, 0.3) is 0 Å². The van der Waals surface area contributed by atoms with Crippen molar-refractivity contribution in [1.82, 2.24) is 5.32 Å². The first-order valence-electron chi connectivity index (χ1n) is 7.88. The maximum absolute atomic E-state index is 9.61. The third-order valence-electron chi connectivity index (χ3n) is 4.58. The average molecular weight is 305 g/mol. The number of methoxy groups -OCH3 is 1. The van der Waals surface area contributed by atoms with Crippen LogP contribution < -0.4 is 14.8 Å². The minimum absolute atomic E-state index is 0.00288. The summed E-state index contributed by atoms with van der Waals surface area (Å²) in [5.74, 6) is 1.46. The minimum atomic E-state index is -0.00288. The second-order valence-corrected chi connectivity index (χ2v) is 6.22. The molecule has 0 spiro atoms. The van der Waals surface area contributed by atoms with E-state index in [0.29, 0.717) is 12.6 Å². The zero-order valence-electron chi connectivity index (χ0n) is 13.6. The van der Waals surface area contributed by atoms with Gasteiger partial charge in [0.05, 0.1) is 7.11 Å². The number of aliphatic hydroxyl groups excluding tert-OH is 1. The van der Waals surface area contributed by atoms with Crippen LogP contribution in [0, 0.1) is 5.41 Å². The Morgan fingerprint density at radius 2 is 2.27 bits per heavy atom. The second kappa shape index (κ2) is 7.65. The Morgan fingerprint density at radius 3 is 2.95 bits per heavy atom. The normalized spacial score (nSPS) is 24.2. The van der Waals surface area contributed by atoms with Crippen molar-refractivity contribution in [1.29, 1.82) is 0 Å². The summed E-state index contributed by atoms with van der Waals surface area (Å²) in [5.41, 5.74) is 1.15. The Morgan fingerprint density at radius 1 is 1.45 bits per heavy atom. The predicted molar refractivity (Wildman–Crippen MR) is 88.4 cm³/mol. The standard InChI is InChI=1S/C18H27NO3/c1-4-10-22-15-8-7-14(11-16(15)21-3)12-19-17-6-5-9-18(17,2)13-20/h4,7-8,11,17,19-20H,1,5-6,9-10,12-13H2,2-3H3. The molecule has 0 heterocycles. The molecule has 2 rings (SSSR count). The van der Waals surface area contributed by atoms with E-state index >= 15 is 0 Å². The lowest BCUT2D eigenvalue weighted by molar-refractivity contribution is 0.118. The lowest BCUT2D eigenvalue weighted by atomic mass is 9.86. The first-order valence-corrected chi connectivity index (χ1v) is 7.88. The van der Waals surface area contributed by atoms with Gasteiger partial charge in [0, 0.05) is 24.6 Å². The number of benzene rings is 1. The molecule has 2 unspecified atom stereocenters. The summed E-state index contributed by atoms with van der Waals surface area (Å²) in [5, 5.41) is 13.2. The summed E-state index contributed by atoms with van der Waals surface area (Å²) in [6.45, 7) is 7.27. The highest BCUT2D eigenvalue weighted by atomic mass is 16.5. The van der Waals surface area contributed by atoms with Crippen LogP contribution in [0.5, 0.6) is 11.5 Å². The maximum Gasteiger partial charge on any atom is 0.161 e. The lowest BCUT2D eigenvalue weighted by Gasteiger charge is -2.30. The Hall–Kier alpha value is -1.52. The van der Waals surface area contributed by atoms with Crippen molar-refractivity contribution >= 4 is 0 Å². The van der Waals surface area contributed by atoms with Gasteiger partial charge in [0.1, 0.15) is 6.61 Å². The molecule has 1 aliphatic carbocycles. The van der Waals surface area contributed by atoms with Gasteiger partial charge in [0.2, 0.25) is 0 Å². The Bertz CT molecular complexity index is 503.